The molecule has 0 bridgehead atoms. The number of anilines is 1. The maximum Gasteiger partial charge on any atom is 0.419 e. The molecule has 1 aromatic heterocycles. The Morgan fingerprint density at radius 1 is 1.00 bits per heavy atom. The minimum Gasteiger partial charge on any atom is -0.383 e. The monoisotopic (exact) mass is 569 g/mol. The van der Waals surface area contributed by atoms with Crippen molar-refractivity contribution in [2.75, 3.05) is 52.2 Å². The number of alkyl halides is 6. The van der Waals surface area contributed by atoms with Crippen LogP contribution in [0.5, 0.6) is 0 Å². The predicted octanol–water partition coefficient (Wildman–Crippen LogP) is 5.22. The molecule has 1 aliphatic heterocycles. The van der Waals surface area contributed by atoms with Gasteiger partial charge in [0.2, 0.25) is 0 Å². The predicted molar refractivity (Wildman–Crippen MR) is 144 cm³/mol. The maximum atomic E-state index is 13.7. The van der Waals surface area contributed by atoms with Crippen LogP contribution in [0, 0.1) is 0 Å². The average molecular weight is 570 g/mol. The minimum atomic E-state index is -4.58. The number of aliphatic imine (C=N–C) groups is 1. The molecule has 3 N–H and O–H groups in total. The lowest BCUT2D eigenvalue weighted by Gasteiger charge is -2.27. The molecule has 2 aromatic rings. The number of likely N-dealkylation sites (N-methyl/N-ethyl adjacent to an activating group) is 2. The van der Waals surface area contributed by atoms with Crippen LogP contribution in [0.25, 0.3) is 0 Å². The Balaban J connectivity index is 1.93. The maximum absolute atomic E-state index is 13.7. The summed E-state index contributed by atoms with van der Waals surface area (Å²) in [5.41, 5.74) is 6.07. The number of hydrogen-bond acceptors (Lipinski definition) is 6. The first-order chi connectivity index (χ1) is 18.7. The Morgan fingerprint density at radius 2 is 1.65 bits per heavy atom. The summed E-state index contributed by atoms with van der Waals surface area (Å²) in [7, 11) is 5.73. The zero-order valence-electron chi connectivity index (χ0n) is 22.6. The third-order valence-corrected chi connectivity index (χ3v) is 6.41. The lowest BCUT2D eigenvalue weighted by Crippen LogP contribution is -2.34. The SMILES string of the molecule is C=C(NC1=C(C(N)=Nc2ccc(C(F)(F)F)cc2)CCN(c2ncccc2C(F)(F)F)CC1)N(C)CCN(C)C. The Bertz CT molecular complexity index is 1230. The van der Waals surface area contributed by atoms with Gasteiger partial charge in [0, 0.05) is 57.1 Å². The first-order valence-electron chi connectivity index (χ1n) is 12.5. The Hall–Kier alpha value is -3.74. The first-order valence-corrected chi connectivity index (χ1v) is 12.5. The smallest absolute Gasteiger partial charge is 0.383 e. The third-order valence-electron chi connectivity index (χ3n) is 6.41. The van der Waals surface area contributed by atoms with Crippen LogP contribution in [-0.4, -0.2) is 67.9 Å². The number of nitrogens with two attached hydrogens (primary N) is 1. The zero-order chi connectivity index (χ0) is 29.7. The van der Waals surface area contributed by atoms with E-state index in [1.807, 2.05) is 30.9 Å². The van der Waals surface area contributed by atoms with Gasteiger partial charge in [-0.05, 0) is 56.9 Å². The van der Waals surface area contributed by atoms with Crippen molar-refractivity contribution in [2.24, 2.45) is 10.7 Å². The Labute approximate surface area is 229 Å². The van der Waals surface area contributed by atoms with E-state index in [-0.39, 0.29) is 43.3 Å². The van der Waals surface area contributed by atoms with Crippen molar-refractivity contribution < 1.29 is 26.3 Å². The quantitative estimate of drug-likeness (QED) is 0.245. The lowest BCUT2D eigenvalue weighted by atomic mass is 10.1. The molecule has 7 nitrogen and oxygen atoms in total. The van der Waals surface area contributed by atoms with Crippen molar-refractivity contribution in [3.63, 3.8) is 0 Å². The molecule has 2 heterocycles. The third kappa shape index (κ3) is 8.13. The second-order valence-corrected chi connectivity index (χ2v) is 9.65. The van der Waals surface area contributed by atoms with Gasteiger partial charge in [-0.3, -0.25) is 0 Å². The van der Waals surface area contributed by atoms with Gasteiger partial charge in [-0.2, -0.15) is 26.3 Å². The average Bonchev–Trinajstić information content (AvgIpc) is 3.09. The highest BCUT2D eigenvalue weighted by atomic mass is 19.4. The van der Waals surface area contributed by atoms with E-state index in [2.05, 4.69) is 21.9 Å². The number of nitrogens with one attached hydrogen (secondary N) is 1. The topological polar surface area (TPSA) is 73.0 Å². The van der Waals surface area contributed by atoms with Crippen LogP contribution in [0.4, 0.5) is 37.8 Å². The van der Waals surface area contributed by atoms with Crippen LogP contribution in [0.1, 0.15) is 24.0 Å². The number of hydrogen-bond donors (Lipinski definition) is 2. The fourth-order valence-electron chi connectivity index (χ4n) is 4.10. The van der Waals surface area contributed by atoms with Gasteiger partial charge in [0.05, 0.1) is 22.6 Å². The molecular formula is C27H33F6N7. The number of halogens is 6. The Morgan fingerprint density at radius 3 is 2.25 bits per heavy atom. The standard InChI is InChI=1S/C27H33F6N7/c1-18(39(4)17-16-38(2)3)36-23-12-15-40(25-22(27(31,32)33)6-5-13-35-25)14-11-21(23)24(34)37-20-9-7-19(8-10-20)26(28,29)30/h5-10,13,36H,1,11-12,14-17H2,2-4H3,(H2,34,37). The van der Waals surface area contributed by atoms with Gasteiger partial charge >= 0.3 is 12.4 Å². The molecule has 0 atom stereocenters. The van der Waals surface area contributed by atoms with Crippen LogP contribution in [0.2, 0.25) is 0 Å². The number of nitrogens with zero attached hydrogens (tertiary/aromatic N) is 5. The summed E-state index contributed by atoms with van der Waals surface area (Å²) in [6.45, 7) is 5.87. The molecular weight excluding hydrogens is 536 g/mol. The highest BCUT2D eigenvalue weighted by Gasteiger charge is 2.36. The van der Waals surface area contributed by atoms with Crippen molar-refractivity contribution in [1.29, 1.82) is 0 Å². The number of pyridine rings is 1. The highest BCUT2D eigenvalue weighted by Crippen LogP contribution is 2.36. The van der Waals surface area contributed by atoms with Crippen LogP contribution >= 0.6 is 0 Å². The van der Waals surface area contributed by atoms with Gasteiger partial charge in [0.1, 0.15) is 11.7 Å². The summed E-state index contributed by atoms with van der Waals surface area (Å²) < 4.78 is 80.0. The second kappa shape index (κ2) is 12.6. The summed E-state index contributed by atoms with van der Waals surface area (Å²) in [5.74, 6) is 0.416. The number of aromatic nitrogens is 1. The van der Waals surface area contributed by atoms with E-state index >= 15 is 0 Å². The normalized spacial score (nSPS) is 15.3. The highest BCUT2D eigenvalue weighted by molar-refractivity contribution is 5.99. The van der Waals surface area contributed by atoms with Crippen molar-refractivity contribution >= 4 is 17.3 Å². The fourth-order valence-corrected chi connectivity index (χ4v) is 4.10. The van der Waals surface area contributed by atoms with Crippen LogP contribution in [0.3, 0.4) is 0 Å². The van der Waals surface area contributed by atoms with Crippen LogP contribution < -0.4 is 16.0 Å². The minimum absolute atomic E-state index is 0.0462. The molecule has 0 saturated carbocycles. The van der Waals surface area contributed by atoms with Gasteiger partial charge in [-0.15, -0.1) is 0 Å². The summed E-state index contributed by atoms with van der Waals surface area (Å²) in [6.07, 6.45) is -7.28. The molecule has 1 aromatic carbocycles. The molecule has 0 fully saturated rings. The number of amidine groups is 1. The summed E-state index contributed by atoms with van der Waals surface area (Å²) in [4.78, 5) is 13.8. The van der Waals surface area contributed by atoms with E-state index in [0.29, 0.717) is 23.6 Å². The van der Waals surface area contributed by atoms with E-state index in [1.165, 1.54) is 24.4 Å². The van der Waals surface area contributed by atoms with Gasteiger partial charge < -0.3 is 25.8 Å². The zero-order valence-corrected chi connectivity index (χ0v) is 22.6. The Kier molecular flexibility index (Phi) is 9.72. The van der Waals surface area contributed by atoms with E-state index in [1.54, 1.807) is 4.90 Å². The largest absolute Gasteiger partial charge is 0.419 e. The molecule has 0 unspecified atom stereocenters. The fraction of sp³-hybridized carbons (Fsp3) is 0.407. The molecule has 13 heteroatoms. The first kappa shape index (κ1) is 30.8. The molecule has 0 aliphatic carbocycles. The number of rotatable bonds is 9. The molecule has 0 spiro atoms. The molecule has 0 saturated heterocycles. The van der Waals surface area contributed by atoms with Crippen molar-refractivity contribution in [3.05, 3.63) is 77.4 Å². The van der Waals surface area contributed by atoms with Crippen molar-refractivity contribution in [2.45, 2.75) is 25.2 Å². The molecule has 1 aliphatic rings. The van der Waals surface area contributed by atoms with Crippen LogP contribution in [0.15, 0.2) is 71.3 Å². The molecule has 3 rings (SSSR count). The van der Waals surface area contributed by atoms with Gasteiger partial charge in [-0.1, -0.05) is 6.58 Å². The van der Waals surface area contributed by atoms with Crippen molar-refractivity contribution in [3.8, 4) is 0 Å². The van der Waals surface area contributed by atoms with Gasteiger partial charge in [-0.25, -0.2) is 9.98 Å². The molecule has 0 radical (unpaired) electrons. The van der Waals surface area contributed by atoms with Gasteiger partial charge in [0.25, 0.3) is 0 Å². The summed E-state index contributed by atoms with van der Waals surface area (Å²) >= 11 is 0. The van der Waals surface area contributed by atoms with E-state index in [9.17, 15) is 26.3 Å². The summed E-state index contributed by atoms with van der Waals surface area (Å²) in [6, 6.07) is 6.48. The van der Waals surface area contributed by atoms with Gasteiger partial charge in [0.15, 0.2) is 0 Å². The van der Waals surface area contributed by atoms with E-state index < -0.39 is 23.5 Å². The van der Waals surface area contributed by atoms with Crippen LogP contribution in [-0.2, 0) is 12.4 Å². The lowest BCUT2D eigenvalue weighted by molar-refractivity contribution is -0.138. The number of benzene rings is 1. The summed E-state index contributed by atoms with van der Waals surface area (Å²) in [5, 5.41) is 3.26. The van der Waals surface area contributed by atoms with Crippen molar-refractivity contribution in [1.82, 2.24) is 20.1 Å². The molecule has 218 valence electrons. The van der Waals surface area contributed by atoms with E-state index in [0.717, 1.165) is 24.7 Å². The molecule has 40 heavy (non-hydrogen) atoms. The second-order valence-electron chi connectivity index (χ2n) is 9.65. The van der Waals surface area contributed by atoms with E-state index in [4.69, 9.17) is 5.73 Å². The molecule has 0 amide bonds.